The second kappa shape index (κ2) is 5.75. The quantitative estimate of drug-likeness (QED) is 0.871. The van der Waals surface area contributed by atoms with Crippen molar-refractivity contribution >= 4 is 22.9 Å². The standard InChI is InChI=1S/C14H14FN3S/c1-18(9-10-2-4-11(15)5-3-10)13-8-17-7-6-12(13)14(16)19/h2-8H,9H2,1H3,(H2,16,19). The first-order valence-corrected chi connectivity index (χ1v) is 6.18. The van der Waals surface area contributed by atoms with Crippen molar-refractivity contribution in [2.45, 2.75) is 6.54 Å². The van der Waals surface area contributed by atoms with Crippen LogP contribution >= 0.6 is 12.2 Å². The van der Waals surface area contributed by atoms with Crippen LogP contribution in [0.15, 0.2) is 42.7 Å². The molecule has 0 aliphatic carbocycles. The van der Waals surface area contributed by atoms with Crippen LogP contribution < -0.4 is 10.6 Å². The normalized spacial score (nSPS) is 10.2. The molecule has 19 heavy (non-hydrogen) atoms. The summed E-state index contributed by atoms with van der Waals surface area (Å²) >= 11 is 5.02. The van der Waals surface area contributed by atoms with E-state index >= 15 is 0 Å². The fraction of sp³-hybridized carbons (Fsp3) is 0.143. The van der Waals surface area contributed by atoms with Crippen molar-refractivity contribution in [1.82, 2.24) is 4.98 Å². The predicted octanol–water partition coefficient (Wildman–Crippen LogP) is 2.49. The first-order chi connectivity index (χ1) is 9.08. The van der Waals surface area contributed by atoms with Crippen molar-refractivity contribution in [3.05, 3.63) is 59.7 Å². The number of nitrogens with zero attached hydrogens (tertiary/aromatic N) is 2. The molecule has 2 N–H and O–H groups in total. The third-order valence-corrected chi connectivity index (χ3v) is 3.03. The second-order valence-electron chi connectivity index (χ2n) is 4.24. The number of rotatable bonds is 4. The van der Waals surface area contributed by atoms with Crippen LogP contribution in [0.25, 0.3) is 0 Å². The summed E-state index contributed by atoms with van der Waals surface area (Å²) in [6.45, 7) is 0.627. The van der Waals surface area contributed by atoms with Gasteiger partial charge in [-0.15, -0.1) is 0 Å². The van der Waals surface area contributed by atoms with E-state index in [0.717, 1.165) is 16.8 Å². The minimum absolute atomic E-state index is 0.239. The highest BCUT2D eigenvalue weighted by atomic mass is 32.1. The lowest BCUT2D eigenvalue weighted by Gasteiger charge is -2.21. The summed E-state index contributed by atoms with van der Waals surface area (Å²) in [6.07, 6.45) is 3.38. The van der Waals surface area contributed by atoms with E-state index in [4.69, 9.17) is 18.0 Å². The number of halogens is 1. The van der Waals surface area contributed by atoms with Gasteiger partial charge in [0.25, 0.3) is 0 Å². The van der Waals surface area contributed by atoms with Crippen molar-refractivity contribution in [2.75, 3.05) is 11.9 Å². The van der Waals surface area contributed by atoms with E-state index in [1.165, 1.54) is 12.1 Å². The zero-order valence-corrected chi connectivity index (χ0v) is 11.3. The molecule has 0 radical (unpaired) electrons. The molecule has 98 valence electrons. The lowest BCUT2D eigenvalue weighted by Crippen LogP contribution is -2.21. The number of benzene rings is 1. The molecule has 0 unspecified atom stereocenters. The van der Waals surface area contributed by atoms with E-state index in [1.807, 2.05) is 11.9 Å². The highest BCUT2D eigenvalue weighted by Crippen LogP contribution is 2.19. The van der Waals surface area contributed by atoms with Crippen LogP contribution in [0.2, 0.25) is 0 Å². The Labute approximate surface area is 116 Å². The minimum Gasteiger partial charge on any atom is -0.389 e. The third-order valence-electron chi connectivity index (χ3n) is 2.81. The Kier molecular flexibility index (Phi) is 4.06. The highest BCUT2D eigenvalue weighted by molar-refractivity contribution is 7.80. The minimum atomic E-state index is -0.239. The van der Waals surface area contributed by atoms with Gasteiger partial charge in [-0.25, -0.2) is 4.39 Å². The Morgan fingerprint density at radius 3 is 2.63 bits per heavy atom. The third kappa shape index (κ3) is 3.26. The smallest absolute Gasteiger partial charge is 0.123 e. The van der Waals surface area contributed by atoms with Crippen molar-refractivity contribution in [1.29, 1.82) is 0 Å². The lowest BCUT2D eigenvalue weighted by molar-refractivity contribution is 0.627. The highest BCUT2D eigenvalue weighted by Gasteiger charge is 2.10. The summed E-state index contributed by atoms with van der Waals surface area (Å²) in [6, 6.07) is 8.19. The van der Waals surface area contributed by atoms with Crippen LogP contribution in [0.4, 0.5) is 10.1 Å². The maximum Gasteiger partial charge on any atom is 0.123 e. The number of hydrogen-bond donors (Lipinski definition) is 1. The first kappa shape index (κ1) is 13.4. The second-order valence-corrected chi connectivity index (χ2v) is 4.68. The van der Waals surface area contributed by atoms with Crippen molar-refractivity contribution in [2.24, 2.45) is 5.73 Å². The zero-order valence-electron chi connectivity index (χ0n) is 10.5. The Morgan fingerprint density at radius 1 is 1.32 bits per heavy atom. The molecule has 0 saturated heterocycles. The molecule has 3 nitrogen and oxygen atoms in total. The molecule has 0 saturated carbocycles. The molecule has 0 aliphatic heterocycles. The molecule has 2 rings (SSSR count). The number of anilines is 1. The van der Waals surface area contributed by atoms with Gasteiger partial charge >= 0.3 is 0 Å². The Bertz CT molecular complexity index is 583. The fourth-order valence-electron chi connectivity index (χ4n) is 1.85. The largest absolute Gasteiger partial charge is 0.389 e. The van der Waals surface area contributed by atoms with Gasteiger partial charge in [0.05, 0.1) is 11.9 Å². The van der Waals surface area contributed by atoms with Gasteiger partial charge in [-0.2, -0.15) is 0 Å². The van der Waals surface area contributed by atoms with Gasteiger partial charge in [0.1, 0.15) is 10.8 Å². The van der Waals surface area contributed by atoms with Gasteiger partial charge in [0.2, 0.25) is 0 Å². The summed E-state index contributed by atoms with van der Waals surface area (Å²) in [7, 11) is 1.92. The summed E-state index contributed by atoms with van der Waals surface area (Å²) in [5.41, 5.74) is 8.34. The van der Waals surface area contributed by atoms with E-state index < -0.39 is 0 Å². The van der Waals surface area contributed by atoms with E-state index in [1.54, 1.807) is 30.6 Å². The zero-order chi connectivity index (χ0) is 13.8. The molecule has 0 bridgehead atoms. The molecular formula is C14H14FN3S. The van der Waals surface area contributed by atoms with E-state index in [2.05, 4.69) is 4.98 Å². The van der Waals surface area contributed by atoms with Crippen LogP contribution in [-0.2, 0) is 6.54 Å². The number of pyridine rings is 1. The van der Waals surface area contributed by atoms with Crippen molar-refractivity contribution in [3.63, 3.8) is 0 Å². The average molecular weight is 275 g/mol. The van der Waals surface area contributed by atoms with Gasteiger partial charge in [-0.3, -0.25) is 4.98 Å². The number of nitrogens with two attached hydrogens (primary N) is 1. The first-order valence-electron chi connectivity index (χ1n) is 5.77. The van der Waals surface area contributed by atoms with Crippen molar-refractivity contribution < 1.29 is 4.39 Å². The number of hydrogen-bond acceptors (Lipinski definition) is 3. The Morgan fingerprint density at radius 2 is 2.00 bits per heavy atom. The Hall–Kier alpha value is -2.01. The summed E-state index contributed by atoms with van der Waals surface area (Å²) < 4.78 is 12.9. The van der Waals surface area contributed by atoms with Gasteiger partial charge in [-0.05, 0) is 23.8 Å². The molecule has 0 atom stereocenters. The molecule has 1 aromatic carbocycles. The topological polar surface area (TPSA) is 42.2 Å². The Balaban J connectivity index is 2.22. The molecule has 0 aliphatic rings. The van der Waals surface area contributed by atoms with Gasteiger partial charge in [0, 0.05) is 25.4 Å². The molecule has 0 spiro atoms. The van der Waals surface area contributed by atoms with Crippen LogP contribution in [0.1, 0.15) is 11.1 Å². The number of thiocarbonyl (C=S) groups is 1. The average Bonchev–Trinajstić information content (AvgIpc) is 2.41. The predicted molar refractivity (Wildman–Crippen MR) is 78.6 cm³/mol. The maximum absolute atomic E-state index is 12.9. The van der Waals surface area contributed by atoms with Crippen LogP contribution in [0.5, 0.6) is 0 Å². The molecule has 1 heterocycles. The SMILES string of the molecule is CN(Cc1ccc(F)cc1)c1cnccc1C(N)=S. The van der Waals surface area contributed by atoms with Crippen LogP contribution in [0, 0.1) is 5.82 Å². The van der Waals surface area contributed by atoms with E-state index in [-0.39, 0.29) is 5.82 Å². The fourth-order valence-corrected chi connectivity index (χ4v) is 2.02. The summed E-state index contributed by atoms with van der Waals surface area (Å²) in [5, 5.41) is 0. The number of aromatic nitrogens is 1. The molecule has 0 amide bonds. The lowest BCUT2D eigenvalue weighted by atomic mass is 10.1. The molecule has 2 aromatic rings. The van der Waals surface area contributed by atoms with Gasteiger partial charge in [-0.1, -0.05) is 24.4 Å². The summed E-state index contributed by atoms with van der Waals surface area (Å²) in [5.74, 6) is -0.239. The maximum atomic E-state index is 12.9. The van der Waals surface area contributed by atoms with E-state index in [0.29, 0.717) is 11.5 Å². The van der Waals surface area contributed by atoms with Crippen LogP contribution in [0.3, 0.4) is 0 Å². The van der Waals surface area contributed by atoms with E-state index in [9.17, 15) is 4.39 Å². The monoisotopic (exact) mass is 275 g/mol. The molecule has 0 fully saturated rings. The molecular weight excluding hydrogens is 261 g/mol. The summed E-state index contributed by atoms with van der Waals surface area (Å²) in [4.78, 5) is 6.41. The van der Waals surface area contributed by atoms with Gasteiger partial charge in [0.15, 0.2) is 0 Å². The molecule has 5 heteroatoms. The van der Waals surface area contributed by atoms with Gasteiger partial charge < -0.3 is 10.6 Å². The molecule has 1 aromatic heterocycles. The van der Waals surface area contributed by atoms with Crippen LogP contribution in [-0.4, -0.2) is 17.0 Å². The van der Waals surface area contributed by atoms with Crippen molar-refractivity contribution in [3.8, 4) is 0 Å².